The Labute approximate surface area is 92.0 Å². The van der Waals surface area contributed by atoms with Crippen molar-refractivity contribution in [3.05, 3.63) is 28.4 Å². The number of amides is 1. The molecule has 0 fully saturated rings. The molecule has 1 heterocycles. The van der Waals surface area contributed by atoms with Crippen LogP contribution >= 0.6 is 0 Å². The van der Waals surface area contributed by atoms with Gasteiger partial charge in [0.25, 0.3) is 5.82 Å². The van der Waals surface area contributed by atoms with Gasteiger partial charge in [-0.05, 0) is 0 Å². The number of aromatic nitrogens is 1. The van der Waals surface area contributed by atoms with E-state index in [1.807, 2.05) is 0 Å². The molecule has 0 bridgehead atoms. The van der Waals surface area contributed by atoms with E-state index in [0.29, 0.717) is 18.9 Å². The van der Waals surface area contributed by atoms with Crippen LogP contribution in [0.25, 0.3) is 0 Å². The van der Waals surface area contributed by atoms with Crippen molar-refractivity contribution >= 4 is 17.4 Å². The van der Waals surface area contributed by atoms with Gasteiger partial charge in [0.1, 0.15) is 6.54 Å². The summed E-state index contributed by atoms with van der Waals surface area (Å²) in [6, 6.07) is 2.98. The van der Waals surface area contributed by atoms with Gasteiger partial charge in [0.05, 0.1) is 11.5 Å². The first-order valence-electron chi connectivity index (χ1n) is 4.74. The topological polar surface area (TPSA) is 98.4 Å². The van der Waals surface area contributed by atoms with Crippen molar-refractivity contribution in [3.8, 4) is 0 Å². The van der Waals surface area contributed by atoms with Gasteiger partial charge in [-0.1, -0.05) is 0 Å². The summed E-state index contributed by atoms with van der Waals surface area (Å²) in [5.74, 6) is 0.574. The minimum absolute atomic E-state index is 0.00686. The summed E-state index contributed by atoms with van der Waals surface area (Å²) in [7, 11) is 0. The standard InChI is InChI=1S/C9H12N4O3/c1-7(14)10-4-5-11-9-3-2-8(6-12-9)13(15)16/h2-3,6H,4-5H2,1H3,(H,10,14)(H,11,12)/p+1. The second-order valence-corrected chi connectivity index (χ2v) is 3.13. The van der Waals surface area contributed by atoms with Gasteiger partial charge in [-0.3, -0.25) is 20.2 Å². The first-order valence-corrected chi connectivity index (χ1v) is 4.74. The predicted octanol–water partition coefficient (Wildman–Crippen LogP) is -0.0431. The highest BCUT2D eigenvalue weighted by Crippen LogP contribution is 2.07. The van der Waals surface area contributed by atoms with Gasteiger partial charge >= 0.3 is 5.69 Å². The van der Waals surface area contributed by atoms with Crippen molar-refractivity contribution < 1.29 is 14.7 Å². The number of hydrogen-bond donors (Lipinski definition) is 2. The number of nitrogens with one attached hydrogen (secondary N) is 3. The van der Waals surface area contributed by atoms with Crippen molar-refractivity contribution in [3.63, 3.8) is 0 Å². The maximum Gasteiger partial charge on any atom is 0.308 e. The Morgan fingerprint density at radius 2 is 2.25 bits per heavy atom. The van der Waals surface area contributed by atoms with Crippen molar-refractivity contribution in [2.45, 2.75) is 6.92 Å². The molecule has 1 aromatic rings. The zero-order valence-corrected chi connectivity index (χ0v) is 8.82. The number of carbonyl (C=O) groups is 1. The van der Waals surface area contributed by atoms with E-state index in [4.69, 9.17) is 0 Å². The zero-order chi connectivity index (χ0) is 12.0. The quantitative estimate of drug-likeness (QED) is 0.417. The zero-order valence-electron chi connectivity index (χ0n) is 8.82. The molecule has 0 aromatic carbocycles. The lowest BCUT2D eigenvalue weighted by molar-refractivity contribution is -0.413. The van der Waals surface area contributed by atoms with E-state index < -0.39 is 4.92 Å². The first-order chi connectivity index (χ1) is 7.59. The second kappa shape index (κ2) is 5.64. The number of hydrogen-bond acceptors (Lipinski definition) is 4. The van der Waals surface area contributed by atoms with E-state index >= 15 is 0 Å². The summed E-state index contributed by atoms with van der Waals surface area (Å²) >= 11 is 0. The Morgan fingerprint density at radius 3 is 2.75 bits per heavy atom. The van der Waals surface area contributed by atoms with Gasteiger partial charge in [0.15, 0.2) is 6.20 Å². The lowest BCUT2D eigenvalue weighted by Crippen LogP contribution is -2.27. The van der Waals surface area contributed by atoms with Gasteiger partial charge in [0, 0.05) is 19.1 Å². The minimum atomic E-state index is -0.475. The molecule has 0 aliphatic carbocycles. The molecule has 7 nitrogen and oxygen atoms in total. The third kappa shape index (κ3) is 3.91. The maximum atomic E-state index is 10.6. The molecule has 0 aliphatic rings. The molecule has 0 aliphatic heterocycles. The number of H-pyrrole nitrogens is 1. The fourth-order valence-electron chi connectivity index (χ4n) is 1.08. The third-order valence-corrected chi connectivity index (χ3v) is 1.82. The van der Waals surface area contributed by atoms with E-state index in [2.05, 4.69) is 15.6 Å². The molecule has 3 N–H and O–H groups in total. The van der Waals surface area contributed by atoms with E-state index in [9.17, 15) is 14.9 Å². The van der Waals surface area contributed by atoms with Crippen LogP contribution < -0.4 is 15.6 Å². The maximum absolute atomic E-state index is 10.6. The SMILES string of the molecule is CC(=O)NCCNc1ccc([N+](=O)[O-])c[nH+]1. The van der Waals surface area contributed by atoms with Crippen LogP contribution in [-0.4, -0.2) is 23.9 Å². The summed E-state index contributed by atoms with van der Waals surface area (Å²) in [5, 5.41) is 16.0. The number of pyridine rings is 1. The van der Waals surface area contributed by atoms with E-state index in [0.717, 1.165) is 0 Å². The van der Waals surface area contributed by atoms with Crippen LogP contribution in [0.5, 0.6) is 0 Å². The fraction of sp³-hybridized carbons (Fsp3) is 0.333. The molecular weight excluding hydrogens is 212 g/mol. The Morgan fingerprint density at radius 1 is 1.50 bits per heavy atom. The second-order valence-electron chi connectivity index (χ2n) is 3.13. The molecule has 0 radical (unpaired) electrons. The minimum Gasteiger partial charge on any atom is -0.352 e. The van der Waals surface area contributed by atoms with Gasteiger partial charge in [-0.2, -0.15) is 0 Å². The Balaban J connectivity index is 2.38. The van der Waals surface area contributed by atoms with Crippen molar-refractivity contribution in [1.29, 1.82) is 0 Å². The summed E-state index contributed by atoms with van der Waals surface area (Å²) in [5.41, 5.74) is 0.00686. The van der Waals surface area contributed by atoms with Gasteiger partial charge in [-0.25, -0.2) is 4.98 Å². The molecule has 1 amide bonds. The largest absolute Gasteiger partial charge is 0.352 e. The predicted molar refractivity (Wildman–Crippen MR) is 56.8 cm³/mol. The van der Waals surface area contributed by atoms with E-state index in [-0.39, 0.29) is 11.6 Å². The summed E-state index contributed by atoms with van der Waals surface area (Å²) < 4.78 is 0. The summed E-state index contributed by atoms with van der Waals surface area (Å²) in [6.07, 6.45) is 1.31. The number of nitrogens with zero attached hydrogens (tertiary/aromatic N) is 1. The molecule has 0 saturated carbocycles. The number of aromatic amines is 1. The number of rotatable bonds is 5. The molecule has 0 atom stereocenters. The molecule has 7 heteroatoms. The molecule has 16 heavy (non-hydrogen) atoms. The molecular formula is C9H13N4O3+. The number of nitro groups is 1. The monoisotopic (exact) mass is 225 g/mol. The smallest absolute Gasteiger partial charge is 0.308 e. The molecule has 1 aromatic heterocycles. The van der Waals surface area contributed by atoms with E-state index in [1.54, 1.807) is 6.07 Å². The number of carbonyl (C=O) groups excluding carboxylic acids is 1. The van der Waals surface area contributed by atoms with Gasteiger partial charge in [0.2, 0.25) is 5.91 Å². The van der Waals surface area contributed by atoms with Crippen molar-refractivity contribution in [2.24, 2.45) is 0 Å². The Hall–Kier alpha value is -2.18. The summed E-state index contributed by atoms with van der Waals surface area (Å²) in [4.78, 5) is 23.2. The van der Waals surface area contributed by atoms with Crippen LogP contribution in [0.1, 0.15) is 6.92 Å². The lowest BCUT2D eigenvalue weighted by Gasteiger charge is -1.99. The molecule has 1 rings (SSSR count). The highest BCUT2D eigenvalue weighted by molar-refractivity contribution is 5.72. The van der Waals surface area contributed by atoms with Crippen LogP contribution in [0, 0.1) is 10.1 Å². The van der Waals surface area contributed by atoms with Gasteiger partial charge < -0.3 is 5.32 Å². The number of anilines is 1. The Kier molecular flexibility index (Phi) is 4.19. The van der Waals surface area contributed by atoms with Crippen LogP contribution in [0.4, 0.5) is 11.5 Å². The van der Waals surface area contributed by atoms with Crippen LogP contribution in [0.15, 0.2) is 18.3 Å². The highest BCUT2D eigenvalue weighted by atomic mass is 16.6. The van der Waals surface area contributed by atoms with Gasteiger partial charge in [-0.15, -0.1) is 0 Å². The normalized spacial score (nSPS) is 9.56. The van der Waals surface area contributed by atoms with Crippen LogP contribution in [0.2, 0.25) is 0 Å². The highest BCUT2D eigenvalue weighted by Gasteiger charge is 2.08. The van der Waals surface area contributed by atoms with E-state index in [1.165, 1.54) is 19.2 Å². The molecule has 86 valence electrons. The van der Waals surface area contributed by atoms with Crippen LogP contribution in [0.3, 0.4) is 0 Å². The molecule has 0 saturated heterocycles. The van der Waals surface area contributed by atoms with Crippen LogP contribution in [-0.2, 0) is 4.79 Å². The Bertz CT molecular complexity index is 377. The lowest BCUT2D eigenvalue weighted by atomic mass is 10.4. The average Bonchev–Trinajstić information content (AvgIpc) is 2.25. The van der Waals surface area contributed by atoms with Crippen molar-refractivity contribution in [2.75, 3.05) is 18.4 Å². The molecule has 0 unspecified atom stereocenters. The third-order valence-electron chi connectivity index (χ3n) is 1.82. The fourth-order valence-corrected chi connectivity index (χ4v) is 1.08. The molecule has 0 spiro atoms. The summed E-state index contributed by atoms with van der Waals surface area (Å²) in [6.45, 7) is 2.49. The van der Waals surface area contributed by atoms with Crippen molar-refractivity contribution in [1.82, 2.24) is 5.32 Å². The average molecular weight is 225 g/mol. The first kappa shape index (κ1) is 11.9.